The zero-order valence-corrected chi connectivity index (χ0v) is 13.1. The highest BCUT2D eigenvalue weighted by molar-refractivity contribution is 5.15. The second-order valence-corrected chi connectivity index (χ2v) is 6.05. The van der Waals surface area contributed by atoms with Crippen molar-refractivity contribution in [2.24, 2.45) is 13.0 Å². The molecule has 1 fully saturated rings. The number of aliphatic hydroxyl groups excluding tert-OH is 1. The van der Waals surface area contributed by atoms with Crippen LogP contribution in [0, 0.1) is 5.92 Å². The van der Waals surface area contributed by atoms with E-state index in [1.54, 1.807) is 6.20 Å². The summed E-state index contributed by atoms with van der Waals surface area (Å²) < 4.78 is 7.09. The molecule has 7 heteroatoms. The Balaban J connectivity index is 1.57. The zero-order valence-electron chi connectivity index (χ0n) is 13.1. The molecule has 0 saturated carbocycles. The molecule has 2 N–H and O–H groups in total. The first-order valence-electron chi connectivity index (χ1n) is 7.73. The fourth-order valence-electron chi connectivity index (χ4n) is 3.05. The third-order valence-electron chi connectivity index (χ3n) is 4.45. The maximum Gasteiger partial charge on any atom is 0.226 e. The molecular formula is C16H21N3O4. The van der Waals surface area contributed by atoms with Crippen LogP contribution in [0.15, 0.2) is 33.9 Å². The van der Waals surface area contributed by atoms with E-state index in [0.717, 1.165) is 32.2 Å². The molecule has 3 rings (SSSR count). The van der Waals surface area contributed by atoms with Crippen LogP contribution in [0.2, 0.25) is 0 Å². The van der Waals surface area contributed by atoms with Crippen LogP contribution in [0.5, 0.6) is 5.75 Å². The Morgan fingerprint density at radius 1 is 1.43 bits per heavy atom. The minimum atomic E-state index is -0.552. The molecule has 2 aromatic rings. The van der Waals surface area contributed by atoms with E-state index in [1.165, 1.54) is 6.07 Å². The predicted octanol–water partition coefficient (Wildman–Crippen LogP) is 1.02. The summed E-state index contributed by atoms with van der Waals surface area (Å²) in [5.41, 5.74) is -0.425. The van der Waals surface area contributed by atoms with Crippen LogP contribution in [-0.4, -0.2) is 37.8 Å². The Hall–Kier alpha value is -2.12. The van der Waals surface area contributed by atoms with Gasteiger partial charge < -0.3 is 19.2 Å². The first-order chi connectivity index (χ1) is 11.0. The standard InChI is InChI=1S/C16H21N3O4/c1-18-7-4-17-16(18)15(22)11-2-5-19(6-3-11)9-12-8-13(20)14(21)10-23-12/h4,7-8,10-11,15,21-22H,2-3,5-6,9H2,1H3. The van der Waals surface area contributed by atoms with Gasteiger partial charge in [0.25, 0.3) is 0 Å². The molecule has 1 unspecified atom stereocenters. The summed E-state index contributed by atoms with van der Waals surface area (Å²) in [6, 6.07) is 1.32. The maximum absolute atomic E-state index is 11.4. The number of imidazole rings is 1. The van der Waals surface area contributed by atoms with Crippen LogP contribution in [0.4, 0.5) is 0 Å². The number of piperidine rings is 1. The minimum Gasteiger partial charge on any atom is -0.502 e. The van der Waals surface area contributed by atoms with Gasteiger partial charge in [0.1, 0.15) is 24.0 Å². The quantitative estimate of drug-likeness (QED) is 0.874. The second kappa shape index (κ2) is 6.55. The molecule has 3 heterocycles. The van der Waals surface area contributed by atoms with Crippen molar-refractivity contribution < 1.29 is 14.6 Å². The smallest absolute Gasteiger partial charge is 0.226 e. The summed E-state index contributed by atoms with van der Waals surface area (Å²) in [5.74, 6) is 1.05. The number of hydrogen-bond donors (Lipinski definition) is 2. The Bertz CT molecular complexity index is 716. The molecule has 0 amide bonds. The molecule has 0 bridgehead atoms. The molecule has 1 aliphatic rings. The first-order valence-corrected chi connectivity index (χ1v) is 7.73. The summed E-state index contributed by atoms with van der Waals surface area (Å²) >= 11 is 0. The van der Waals surface area contributed by atoms with Crippen molar-refractivity contribution in [2.45, 2.75) is 25.5 Å². The molecule has 0 spiro atoms. The fraction of sp³-hybridized carbons (Fsp3) is 0.500. The predicted molar refractivity (Wildman–Crippen MR) is 82.8 cm³/mol. The molecule has 2 aromatic heterocycles. The average Bonchev–Trinajstić information content (AvgIpc) is 2.97. The monoisotopic (exact) mass is 319 g/mol. The SMILES string of the molecule is Cn1ccnc1C(O)C1CCN(Cc2cc(=O)c(O)co2)CC1. The number of likely N-dealkylation sites (tertiary alicyclic amines) is 1. The number of rotatable bonds is 4. The van der Waals surface area contributed by atoms with Crippen molar-refractivity contribution in [1.82, 2.24) is 14.5 Å². The Morgan fingerprint density at radius 2 is 2.17 bits per heavy atom. The molecule has 1 atom stereocenters. The van der Waals surface area contributed by atoms with Gasteiger partial charge in [-0.05, 0) is 31.8 Å². The molecule has 1 aliphatic heterocycles. The third kappa shape index (κ3) is 3.46. The highest BCUT2D eigenvalue weighted by Crippen LogP contribution is 2.30. The van der Waals surface area contributed by atoms with E-state index in [-0.39, 0.29) is 11.7 Å². The number of aryl methyl sites for hydroxylation is 1. The number of hydrogen-bond acceptors (Lipinski definition) is 6. The Kier molecular flexibility index (Phi) is 4.49. The molecule has 23 heavy (non-hydrogen) atoms. The van der Waals surface area contributed by atoms with Crippen LogP contribution >= 0.6 is 0 Å². The molecule has 0 aromatic carbocycles. The van der Waals surface area contributed by atoms with Crippen molar-refractivity contribution in [1.29, 1.82) is 0 Å². The topological polar surface area (TPSA) is 91.7 Å². The molecular weight excluding hydrogens is 298 g/mol. The minimum absolute atomic E-state index is 0.180. The van der Waals surface area contributed by atoms with Crippen molar-refractivity contribution in [3.05, 3.63) is 46.5 Å². The van der Waals surface area contributed by atoms with E-state index < -0.39 is 11.5 Å². The van der Waals surface area contributed by atoms with Crippen LogP contribution in [0.3, 0.4) is 0 Å². The van der Waals surface area contributed by atoms with Gasteiger partial charge in [0.2, 0.25) is 5.43 Å². The summed E-state index contributed by atoms with van der Waals surface area (Å²) in [5, 5.41) is 19.7. The first kappa shape index (κ1) is 15.8. The molecule has 0 aliphatic carbocycles. The lowest BCUT2D eigenvalue weighted by Crippen LogP contribution is -2.35. The van der Waals surface area contributed by atoms with Gasteiger partial charge in [-0.3, -0.25) is 9.69 Å². The average molecular weight is 319 g/mol. The van der Waals surface area contributed by atoms with Crippen LogP contribution in [0.1, 0.15) is 30.5 Å². The zero-order chi connectivity index (χ0) is 16.4. The van der Waals surface area contributed by atoms with E-state index in [1.807, 2.05) is 17.8 Å². The second-order valence-electron chi connectivity index (χ2n) is 6.05. The van der Waals surface area contributed by atoms with Gasteiger partial charge in [0, 0.05) is 25.5 Å². The van der Waals surface area contributed by atoms with E-state index in [2.05, 4.69) is 9.88 Å². The van der Waals surface area contributed by atoms with Gasteiger partial charge in [-0.1, -0.05) is 0 Å². The summed E-state index contributed by atoms with van der Waals surface area (Å²) in [7, 11) is 1.88. The van der Waals surface area contributed by atoms with E-state index >= 15 is 0 Å². The van der Waals surface area contributed by atoms with E-state index in [9.17, 15) is 15.0 Å². The third-order valence-corrected chi connectivity index (χ3v) is 4.45. The van der Waals surface area contributed by atoms with Crippen molar-refractivity contribution >= 4 is 0 Å². The van der Waals surface area contributed by atoms with Gasteiger partial charge in [-0.2, -0.15) is 0 Å². The van der Waals surface area contributed by atoms with Crippen molar-refractivity contribution in [3.8, 4) is 5.75 Å². The van der Waals surface area contributed by atoms with Crippen LogP contribution in [0.25, 0.3) is 0 Å². The lowest BCUT2D eigenvalue weighted by Gasteiger charge is -2.33. The van der Waals surface area contributed by atoms with Crippen LogP contribution < -0.4 is 5.43 Å². The molecule has 124 valence electrons. The summed E-state index contributed by atoms with van der Waals surface area (Å²) in [4.78, 5) is 17.8. The van der Waals surface area contributed by atoms with Crippen molar-refractivity contribution in [2.75, 3.05) is 13.1 Å². The van der Waals surface area contributed by atoms with Gasteiger partial charge in [0.15, 0.2) is 5.75 Å². The van der Waals surface area contributed by atoms with E-state index in [4.69, 9.17) is 4.42 Å². The summed E-state index contributed by atoms with van der Waals surface area (Å²) in [6.07, 6.45) is 5.77. The Morgan fingerprint density at radius 3 is 2.78 bits per heavy atom. The van der Waals surface area contributed by atoms with Crippen LogP contribution in [-0.2, 0) is 13.6 Å². The normalized spacial score (nSPS) is 18.2. The van der Waals surface area contributed by atoms with Gasteiger partial charge in [-0.15, -0.1) is 0 Å². The lowest BCUT2D eigenvalue weighted by atomic mass is 9.90. The number of aromatic hydroxyl groups is 1. The van der Waals surface area contributed by atoms with Crippen molar-refractivity contribution in [3.63, 3.8) is 0 Å². The largest absolute Gasteiger partial charge is 0.502 e. The van der Waals surface area contributed by atoms with Gasteiger partial charge in [-0.25, -0.2) is 4.98 Å². The number of aliphatic hydroxyl groups is 1. The molecule has 1 saturated heterocycles. The maximum atomic E-state index is 11.4. The highest BCUT2D eigenvalue weighted by atomic mass is 16.4. The Labute approximate surface area is 133 Å². The lowest BCUT2D eigenvalue weighted by molar-refractivity contribution is 0.0473. The number of nitrogens with zero attached hydrogens (tertiary/aromatic N) is 3. The summed E-state index contributed by atoms with van der Waals surface area (Å²) in [6.45, 7) is 2.16. The van der Waals surface area contributed by atoms with E-state index in [0.29, 0.717) is 18.1 Å². The highest BCUT2D eigenvalue weighted by Gasteiger charge is 2.28. The van der Waals surface area contributed by atoms with Gasteiger partial charge >= 0.3 is 0 Å². The van der Waals surface area contributed by atoms with Gasteiger partial charge in [0.05, 0.1) is 6.54 Å². The molecule has 0 radical (unpaired) electrons. The number of aromatic nitrogens is 2. The fourth-order valence-corrected chi connectivity index (χ4v) is 3.05. The molecule has 7 nitrogen and oxygen atoms in total.